The van der Waals surface area contributed by atoms with E-state index in [0.717, 1.165) is 0 Å². The van der Waals surface area contributed by atoms with Crippen molar-refractivity contribution in [2.45, 2.75) is 6.10 Å². The summed E-state index contributed by atoms with van der Waals surface area (Å²) in [6.07, 6.45) is 0.0135. The topological polar surface area (TPSA) is 90.4 Å². The van der Waals surface area contributed by atoms with Gasteiger partial charge in [0, 0.05) is 13.6 Å². The summed E-state index contributed by atoms with van der Waals surface area (Å²) in [4.78, 5) is 12.3. The van der Waals surface area contributed by atoms with Crippen LogP contribution in [0.25, 0.3) is 0 Å². The first-order chi connectivity index (χ1) is 8.81. The molecular weight excluding hydrogens is 238 g/mol. The lowest BCUT2D eigenvalue weighted by Crippen LogP contribution is -2.34. The van der Waals surface area contributed by atoms with Crippen molar-refractivity contribution < 1.29 is 14.2 Å². The molecule has 1 aromatic heterocycles. The Bertz CT molecular complexity index is 362. The maximum Gasteiger partial charge on any atom is 0.322 e. The molecule has 0 aromatic carbocycles. The number of hydrogen-bond acceptors (Lipinski definition) is 8. The second-order valence-corrected chi connectivity index (χ2v) is 3.67. The second kappa shape index (κ2) is 6.31. The molecule has 0 saturated carbocycles. The molecular formula is C10H17N5O3. The summed E-state index contributed by atoms with van der Waals surface area (Å²) < 4.78 is 15.8. The Morgan fingerprint density at radius 1 is 1.28 bits per heavy atom. The zero-order valence-electron chi connectivity index (χ0n) is 10.5. The van der Waals surface area contributed by atoms with Crippen LogP contribution in [0.15, 0.2) is 0 Å². The van der Waals surface area contributed by atoms with E-state index in [1.54, 1.807) is 7.05 Å². The molecule has 0 radical (unpaired) electrons. The van der Waals surface area contributed by atoms with Crippen molar-refractivity contribution in [1.29, 1.82) is 0 Å². The monoisotopic (exact) mass is 255 g/mol. The van der Waals surface area contributed by atoms with E-state index in [4.69, 9.17) is 14.2 Å². The smallest absolute Gasteiger partial charge is 0.322 e. The molecule has 1 aromatic rings. The first kappa shape index (κ1) is 12.8. The van der Waals surface area contributed by atoms with Gasteiger partial charge in [0.1, 0.15) is 0 Å². The van der Waals surface area contributed by atoms with E-state index in [9.17, 15) is 0 Å². The predicted molar refractivity (Wildman–Crippen MR) is 65.0 cm³/mol. The molecule has 8 nitrogen and oxygen atoms in total. The van der Waals surface area contributed by atoms with Crippen molar-refractivity contribution in [3.8, 4) is 6.01 Å². The Morgan fingerprint density at radius 3 is 2.78 bits per heavy atom. The van der Waals surface area contributed by atoms with Crippen LogP contribution in [0.3, 0.4) is 0 Å². The van der Waals surface area contributed by atoms with E-state index < -0.39 is 0 Å². The van der Waals surface area contributed by atoms with Gasteiger partial charge in [-0.25, -0.2) is 0 Å². The van der Waals surface area contributed by atoms with Crippen LogP contribution in [0, 0.1) is 0 Å². The van der Waals surface area contributed by atoms with Gasteiger partial charge in [-0.2, -0.15) is 15.0 Å². The molecule has 1 unspecified atom stereocenters. The molecule has 1 aliphatic rings. The quantitative estimate of drug-likeness (QED) is 0.744. The molecule has 8 heteroatoms. The van der Waals surface area contributed by atoms with Gasteiger partial charge in [0.15, 0.2) is 0 Å². The molecule has 1 saturated heterocycles. The summed E-state index contributed by atoms with van der Waals surface area (Å²) in [5.74, 6) is 0.894. The molecule has 0 bridgehead atoms. The SMILES string of the molecule is CNc1nc(NCC2COCCO2)nc(OC)n1. The van der Waals surface area contributed by atoms with Gasteiger partial charge in [-0.1, -0.05) is 0 Å². The van der Waals surface area contributed by atoms with Gasteiger partial charge in [-0.15, -0.1) is 0 Å². The number of hydrogen-bond donors (Lipinski definition) is 2. The van der Waals surface area contributed by atoms with Crippen molar-refractivity contribution in [3.05, 3.63) is 0 Å². The van der Waals surface area contributed by atoms with Gasteiger partial charge in [-0.3, -0.25) is 0 Å². The Morgan fingerprint density at radius 2 is 2.11 bits per heavy atom. The number of nitrogens with zero attached hydrogens (tertiary/aromatic N) is 3. The minimum Gasteiger partial charge on any atom is -0.467 e. The number of ether oxygens (including phenoxy) is 3. The normalized spacial score (nSPS) is 19.3. The summed E-state index contributed by atoms with van der Waals surface area (Å²) in [7, 11) is 3.24. The average molecular weight is 255 g/mol. The molecule has 1 atom stereocenters. The van der Waals surface area contributed by atoms with Gasteiger partial charge >= 0.3 is 6.01 Å². The molecule has 0 spiro atoms. The molecule has 0 amide bonds. The maximum atomic E-state index is 5.51. The van der Waals surface area contributed by atoms with E-state index in [0.29, 0.717) is 38.3 Å². The second-order valence-electron chi connectivity index (χ2n) is 3.67. The van der Waals surface area contributed by atoms with Gasteiger partial charge < -0.3 is 24.8 Å². The van der Waals surface area contributed by atoms with E-state index >= 15 is 0 Å². The van der Waals surface area contributed by atoms with Crippen molar-refractivity contribution in [2.24, 2.45) is 0 Å². The van der Waals surface area contributed by atoms with Crippen LogP contribution in [0.4, 0.5) is 11.9 Å². The van der Waals surface area contributed by atoms with Crippen LogP contribution in [0.5, 0.6) is 6.01 Å². The highest BCUT2D eigenvalue weighted by atomic mass is 16.6. The van der Waals surface area contributed by atoms with Gasteiger partial charge in [0.25, 0.3) is 0 Å². The molecule has 1 fully saturated rings. The third kappa shape index (κ3) is 3.41. The Balaban J connectivity index is 1.94. The minimum absolute atomic E-state index is 0.0135. The lowest BCUT2D eigenvalue weighted by molar-refractivity contribution is -0.0819. The Kier molecular flexibility index (Phi) is 4.48. The summed E-state index contributed by atoms with van der Waals surface area (Å²) in [6.45, 7) is 2.43. The first-order valence-corrected chi connectivity index (χ1v) is 5.73. The van der Waals surface area contributed by atoms with E-state index in [2.05, 4.69) is 25.6 Å². The number of anilines is 2. The lowest BCUT2D eigenvalue weighted by Gasteiger charge is -2.23. The number of methoxy groups -OCH3 is 1. The number of nitrogens with one attached hydrogen (secondary N) is 2. The highest BCUT2D eigenvalue weighted by Crippen LogP contribution is 2.10. The fourth-order valence-electron chi connectivity index (χ4n) is 1.50. The summed E-state index contributed by atoms with van der Waals surface area (Å²) >= 11 is 0. The Labute approximate surface area is 105 Å². The lowest BCUT2D eigenvalue weighted by atomic mass is 10.3. The zero-order chi connectivity index (χ0) is 12.8. The first-order valence-electron chi connectivity index (χ1n) is 5.73. The average Bonchev–Trinajstić information content (AvgIpc) is 2.45. The zero-order valence-corrected chi connectivity index (χ0v) is 10.5. The third-order valence-electron chi connectivity index (χ3n) is 2.39. The molecule has 2 heterocycles. The highest BCUT2D eigenvalue weighted by molar-refractivity contribution is 5.35. The predicted octanol–water partition coefficient (Wildman–Crippen LogP) is -0.251. The van der Waals surface area contributed by atoms with Crippen LogP contribution < -0.4 is 15.4 Å². The van der Waals surface area contributed by atoms with Crippen LogP contribution in [-0.4, -0.2) is 61.6 Å². The third-order valence-corrected chi connectivity index (χ3v) is 2.39. The van der Waals surface area contributed by atoms with Crippen LogP contribution >= 0.6 is 0 Å². The van der Waals surface area contributed by atoms with Crippen molar-refractivity contribution in [1.82, 2.24) is 15.0 Å². The molecule has 2 N–H and O–H groups in total. The summed E-state index contributed by atoms with van der Waals surface area (Å²) in [5.41, 5.74) is 0. The van der Waals surface area contributed by atoms with Crippen LogP contribution in [0.1, 0.15) is 0 Å². The molecule has 1 aliphatic heterocycles. The van der Waals surface area contributed by atoms with E-state index in [-0.39, 0.29) is 12.1 Å². The molecule has 0 aliphatic carbocycles. The van der Waals surface area contributed by atoms with Gasteiger partial charge in [0.05, 0.1) is 33.0 Å². The fourth-order valence-corrected chi connectivity index (χ4v) is 1.50. The largest absolute Gasteiger partial charge is 0.467 e. The molecule has 100 valence electrons. The standard InChI is InChI=1S/C10H17N5O3/c1-11-8-13-9(15-10(14-8)16-2)12-5-7-6-17-3-4-18-7/h7H,3-6H2,1-2H3,(H2,11,12,13,14,15). The molecule has 2 rings (SSSR count). The van der Waals surface area contributed by atoms with Crippen molar-refractivity contribution >= 4 is 11.9 Å². The highest BCUT2D eigenvalue weighted by Gasteiger charge is 2.15. The van der Waals surface area contributed by atoms with Gasteiger partial charge in [-0.05, 0) is 0 Å². The van der Waals surface area contributed by atoms with E-state index in [1.807, 2.05) is 0 Å². The minimum atomic E-state index is 0.0135. The Hall–Kier alpha value is -1.67. The maximum absolute atomic E-state index is 5.51. The van der Waals surface area contributed by atoms with E-state index in [1.165, 1.54) is 7.11 Å². The number of rotatable bonds is 5. The number of aromatic nitrogens is 3. The van der Waals surface area contributed by atoms with Crippen molar-refractivity contribution in [2.75, 3.05) is 51.2 Å². The summed E-state index contributed by atoms with van der Waals surface area (Å²) in [5, 5.41) is 5.92. The van der Waals surface area contributed by atoms with Crippen LogP contribution in [-0.2, 0) is 9.47 Å². The summed E-state index contributed by atoms with van der Waals surface area (Å²) in [6, 6.07) is 0.262. The van der Waals surface area contributed by atoms with Crippen molar-refractivity contribution in [3.63, 3.8) is 0 Å². The fraction of sp³-hybridized carbons (Fsp3) is 0.700. The van der Waals surface area contributed by atoms with Gasteiger partial charge in [0.2, 0.25) is 11.9 Å². The molecule has 18 heavy (non-hydrogen) atoms. The van der Waals surface area contributed by atoms with Crippen LogP contribution in [0.2, 0.25) is 0 Å².